The Morgan fingerprint density at radius 1 is 1.33 bits per heavy atom. The molecule has 0 aromatic heterocycles. The molecule has 0 N–H and O–H groups in total. The molecule has 0 aliphatic carbocycles. The number of hydrogen-bond acceptors (Lipinski definition) is 1. The van der Waals surface area contributed by atoms with Gasteiger partial charge in [0.2, 0.25) is 0 Å². The first kappa shape index (κ1) is 12.2. The first-order valence-electron chi connectivity index (χ1n) is 4.74. The lowest BCUT2D eigenvalue weighted by molar-refractivity contribution is 0.559. The predicted molar refractivity (Wildman–Crippen MR) is 64.6 cm³/mol. The SMILES string of the molecule is C=S(C)(=O)c1ccc(C(C)(C)C)cc1F. The number of benzene rings is 1. The second-order valence-corrected chi connectivity index (χ2v) is 7.35. The molecule has 1 unspecified atom stereocenters. The van der Waals surface area contributed by atoms with E-state index in [1.807, 2.05) is 26.8 Å². The van der Waals surface area contributed by atoms with Crippen molar-refractivity contribution < 1.29 is 8.60 Å². The van der Waals surface area contributed by atoms with E-state index in [-0.39, 0.29) is 10.3 Å². The Kier molecular flexibility index (Phi) is 2.97. The zero-order valence-electron chi connectivity index (χ0n) is 9.63. The van der Waals surface area contributed by atoms with Crippen LogP contribution in [0.1, 0.15) is 26.3 Å². The van der Waals surface area contributed by atoms with Crippen LogP contribution in [0.15, 0.2) is 23.1 Å². The van der Waals surface area contributed by atoms with E-state index in [9.17, 15) is 8.60 Å². The van der Waals surface area contributed by atoms with Gasteiger partial charge in [0.25, 0.3) is 0 Å². The van der Waals surface area contributed by atoms with Crippen LogP contribution >= 0.6 is 0 Å². The van der Waals surface area contributed by atoms with Crippen molar-refractivity contribution in [2.24, 2.45) is 0 Å². The Balaban J connectivity index is 3.34. The molecule has 0 spiro atoms. The maximum Gasteiger partial charge on any atom is 0.138 e. The summed E-state index contributed by atoms with van der Waals surface area (Å²) in [4.78, 5) is 0.204. The summed E-state index contributed by atoms with van der Waals surface area (Å²) in [7, 11) is -2.47. The lowest BCUT2D eigenvalue weighted by Gasteiger charge is -2.19. The average Bonchev–Trinajstić information content (AvgIpc) is 1.99. The van der Waals surface area contributed by atoms with Gasteiger partial charge in [0.05, 0.1) is 4.90 Å². The fourth-order valence-corrected chi connectivity index (χ4v) is 2.14. The molecule has 3 heteroatoms. The van der Waals surface area contributed by atoms with Gasteiger partial charge < -0.3 is 0 Å². The van der Waals surface area contributed by atoms with E-state index >= 15 is 0 Å². The molecule has 1 aromatic carbocycles. The van der Waals surface area contributed by atoms with E-state index in [0.717, 1.165) is 5.56 Å². The highest BCUT2D eigenvalue weighted by Gasteiger charge is 2.17. The van der Waals surface area contributed by atoms with Gasteiger partial charge in [-0.05, 0) is 38.5 Å². The molecule has 0 heterocycles. The topological polar surface area (TPSA) is 17.1 Å². The van der Waals surface area contributed by atoms with Crippen LogP contribution in [0.25, 0.3) is 0 Å². The van der Waals surface area contributed by atoms with Gasteiger partial charge >= 0.3 is 0 Å². The van der Waals surface area contributed by atoms with Crippen LogP contribution in [0.2, 0.25) is 0 Å². The zero-order chi connectivity index (χ0) is 11.9. The summed E-state index contributed by atoms with van der Waals surface area (Å²) in [6.45, 7) is 6.03. The van der Waals surface area contributed by atoms with Gasteiger partial charge in [0.1, 0.15) is 5.82 Å². The quantitative estimate of drug-likeness (QED) is 0.675. The summed E-state index contributed by atoms with van der Waals surface area (Å²) in [5, 5.41) is 0. The summed E-state index contributed by atoms with van der Waals surface area (Å²) < 4.78 is 25.3. The Hall–Kier alpha value is -0.830. The van der Waals surface area contributed by atoms with E-state index in [1.54, 1.807) is 6.07 Å². The molecule has 0 amide bonds. The third kappa shape index (κ3) is 2.81. The van der Waals surface area contributed by atoms with E-state index in [2.05, 4.69) is 5.87 Å². The first-order chi connectivity index (χ1) is 6.62. The number of halogens is 1. The Morgan fingerprint density at radius 2 is 1.87 bits per heavy atom. The van der Waals surface area contributed by atoms with E-state index in [0.29, 0.717) is 0 Å². The lowest BCUT2D eigenvalue weighted by atomic mass is 9.87. The Bertz CT molecular complexity index is 467. The van der Waals surface area contributed by atoms with Gasteiger partial charge in [-0.1, -0.05) is 26.8 Å². The highest BCUT2D eigenvalue weighted by molar-refractivity contribution is 7.99. The molecule has 15 heavy (non-hydrogen) atoms. The summed E-state index contributed by atoms with van der Waals surface area (Å²) in [5.74, 6) is 3.06. The van der Waals surface area contributed by atoms with E-state index in [4.69, 9.17) is 0 Å². The average molecular weight is 228 g/mol. The van der Waals surface area contributed by atoms with Crippen molar-refractivity contribution in [3.8, 4) is 0 Å². The molecular weight excluding hydrogens is 211 g/mol. The van der Waals surface area contributed by atoms with Crippen LogP contribution in [-0.2, 0) is 14.9 Å². The Morgan fingerprint density at radius 3 is 2.20 bits per heavy atom. The van der Waals surface area contributed by atoms with E-state index in [1.165, 1.54) is 12.3 Å². The molecule has 1 atom stereocenters. The summed E-state index contributed by atoms with van der Waals surface area (Å²) in [6.07, 6.45) is 1.45. The minimum absolute atomic E-state index is 0.102. The molecule has 0 radical (unpaired) electrons. The van der Waals surface area contributed by atoms with Crippen LogP contribution in [0.4, 0.5) is 4.39 Å². The summed E-state index contributed by atoms with van der Waals surface area (Å²) in [6, 6.07) is 4.83. The van der Waals surface area contributed by atoms with Crippen molar-refractivity contribution >= 4 is 15.4 Å². The molecule has 0 saturated heterocycles. The lowest BCUT2D eigenvalue weighted by Crippen LogP contribution is -2.12. The van der Waals surface area contributed by atoms with Crippen molar-refractivity contribution in [3.05, 3.63) is 29.6 Å². The van der Waals surface area contributed by atoms with Crippen LogP contribution in [0.3, 0.4) is 0 Å². The van der Waals surface area contributed by atoms with Gasteiger partial charge in [-0.25, -0.2) is 4.39 Å². The molecular formula is C12H17FOS. The minimum atomic E-state index is -2.47. The standard InChI is InChI=1S/C12H17FOS/c1-12(2,3)9-6-7-11(10(13)8-9)15(4,5)14/h6-8H,4H2,1-3,5H3. The fraction of sp³-hybridized carbons (Fsp3) is 0.417. The normalized spacial score (nSPS) is 16.1. The van der Waals surface area contributed by atoms with Gasteiger partial charge in [0.15, 0.2) is 0 Å². The second-order valence-electron chi connectivity index (χ2n) is 4.90. The van der Waals surface area contributed by atoms with E-state index < -0.39 is 15.3 Å². The van der Waals surface area contributed by atoms with Crippen molar-refractivity contribution in [1.82, 2.24) is 0 Å². The highest BCUT2D eigenvalue weighted by atomic mass is 32.2. The molecule has 1 rings (SSSR count). The predicted octanol–water partition coefficient (Wildman–Crippen LogP) is 2.83. The Labute approximate surface area is 91.3 Å². The molecule has 0 aliphatic rings. The summed E-state index contributed by atoms with van der Waals surface area (Å²) in [5.41, 5.74) is 0.794. The molecule has 0 aliphatic heterocycles. The maximum absolute atomic E-state index is 13.7. The molecule has 0 fully saturated rings. The highest BCUT2D eigenvalue weighted by Crippen LogP contribution is 2.25. The molecule has 0 saturated carbocycles. The zero-order valence-corrected chi connectivity index (χ0v) is 10.5. The molecule has 1 nitrogen and oxygen atoms in total. The maximum atomic E-state index is 13.7. The van der Waals surface area contributed by atoms with Crippen LogP contribution in [0, 0.1) is 5.82 Å². The number of rotatable bonds is 1. The third-order valence-corrected chi connectivity index (χ3v) is 3.52. The minimum Gasteiger partial charge on any atom is -0.263 e. The first-order valence-corrected chi connectivity index (χ1v) is 6.88. The number of hydrogen-bond donors (Lipinski definition) is 0. The van der Waals surface area contributed by atoms with Crippen LogP contribution in [-0.4, -0.2) is 16.3 Å². The van der Waals surface area contributed by atoms with Gasteiger partial charge in [-0.3, -0.25) is 4.21 Å². The molecule has 1 aromatic rings. The van der Waals surface area contributed by atoms with Crippen molar-refractivity contribution in [3.63, 3.8) is 0 Å². The molecule has 84 valence electrons. The second kappa shape index (κ2) is 3.63. The van der Waals surface area contributed by atoms with Crippen molar-refractivity contribution in [2.45, 2.75) is 31.1 Å². The monoisotopic (exact) mass is 228 g/mol. The van der Waals surface area contributed by atoms with Crippen LogP contribution in [0.5, 0.6) is 0 Å². The van der Waals surface area contributed by atoms with Gasteiger partial charge in [-0.15, -0.1) is 0 Å². The third-order valence-electron chi connectivity index (χ3n) is 2.26. The van der Waals surface area contributed by atoms with Gasteiger partial charge in [0, 0.05) is 6.26 Å². The molecule has 0 bridgehead atoms. The van der Waals surface area contributed by atoms with Crippen molar-refractivity contribution in [2.75, 3.05) is 6.26 Å². The summed E-state index contributed by atoms with van der Waals surface area (Å²) >= 11 is 0. The van der Waals surface area contributed by atoms with Crippen molar-refractivity contribution in [1.29, 1.82) is 0 Å². The smallest absolute Gasteiger partial charge is 0.138 e. The van der Waals surface area contributed by atoms with Gasteiger partial charge in [-0.2, -0.15) is 0 Å². The van der Waals surface area contributed by atoms with Crippen LogP contribution < -0.4 is 0 Å². The largest absolute Gasteiger partial charge is 0.263 e. The fourth-order valence-electron chi connectivity index (χ4n) is 1.32.